The van der Waals surface area contributed by atoms with Crippen LogP contribution in [-0.4, -0.2) is 199 Å². The molecule has 21 nitrogen and oxygen atoms in total. The summed E-state index contributed by atoms with van der Waals surface area (Å²) in [5.74, 6) is -7.03. The molecule has 448 valence electrons. The molecule has 0 bridgehead atoms. The van der Waals surface area contributed by atoms with E-state index in [0.29, 0.717) is 12.8 Å². The van der Waals surface area contributed by atoms with Crippen molar-refractivity contribution in [1.82, 2.24) is 45.3 Å². The molecule has 0 aromatic rings. The SMILES string of the molecule is C/C=C/C[C@@H](C)[C@@H](C)[C@@H](C(=O)N[C@@H](CC)C(=O)N(C)CC(=O)OC)N(C)C(=O)[C@H](C(C)C)N(C)C(=O)[C@H](CC(C)C)N(C)C(=O)[C@H](CC(C)C)N(C)C(=O)[C@@H](C)NC(=O)[C@H](C)NC(=O)[C@H](CC(C)C)N(C)C(=O)[C@@H](N)C(C)C. The molecule has 0 rings (SSSR count). The van der Waals surface area contributed by atoms with Crippen LogP contribution in [-0.2, 0) is 52.7 Å². The molecule has 0 aliphatic carbocycles. The average Bonchev–Trinajstić information content (AvgIpc) is 3.36. The number of hydrogen-bond donors (Lipinski definition) is 4. The van der Waals surface area contributed by atoms with Gasteiger partial charge in [0.1, 0.15) is 54.9 Å². The summed E-state index contributed by atoms with van der Waals surface area (Å²) in [7, 11) is 10.1. The molecule has 0 heterocycles. The summed E-state index contributed by atoms with van der Waals surface area (Å²) in [6.45, 7) is 28.6. The minimum absolute atomic E-state index is 0.0178. The van der Waals surface area contributed by atoms with Crippen molar-refractivity contribution in [2.45, 2.75) is 197 Å². The highest BCUT2D eigenvalue weighted by Crippen LogP contribution is 2.27. The van der Waals surface area contributed by atoms with Crippen molar-refractivity contribution in [3.05, 3.63) is 12.2 Å². The Bertz CT molecular complexity index is 2050. The predicted molar refractivity (Wildman–Crippen MR) is 304 cm³/mol. The Labute approximate surface area is 468 Å². The van der Waals surface area contributed by atoms with Gasteiger partial charge in [0.05, 0.1) is 13.2 Å². The number of esters is 1. The van der Waals surface area contributed by atoms with E-state index in [0.717, 1.165) is 0 Å². The number of amides is 9. The molecule has 0 aliphatic rings. The third-order valence-corrected chi connectivity index (χ3v) is 14.7. The fourth-order valence-electron chi connectivity index (χ4n) is 9.38. The first-order valence-electron chi connectivity index (χ1n) is 27.9. The molecule has 11 atom stereocenters. The van der Waals surface area contributed by atoms with Crippen LogP contribution in [0.3, 0.4) is 0 Å². The van der Waals surface area contributed by atoms with Gasteiger partial charge in [-0.15, -0.1) is 0 Å². The van der Waals surface area contributed by atoms with Gasteiger partial charge in [-0.05, 0) is 94.3 Å². The van der Waals surface area contributed by atoms with E-state index in [1.807, 2.05) is 88.3 Å². The maximum Gasteiger partial charge on any atom is 0.325 e. The quantitative estimate of drug-likeness (QED) is 0.0556. The maximum atomic E-state index is 15.0. The molecular weight excluding hydrogens is 1000 g/mol. The van der Waals surface area contributed by atoms with E-state index in [1.165, 1.54) is 92.6 Å². The highest BCUT2D eigenvalue weighted by atomic mass is 16.5. The maximum absolute atomic E-state index is 15.0. The van der Waals surface area contributed by atoms with Crippen molar-refractivity contribution >= 4 is 59.1 Å². The lowest BCUT2D eigenvalue weighted by molar-refractivity contribution is -0.156. The number of carbonyl (C=O) groups excluding carboxylic acids is 10. The molecule has 0 saturated carbocycles. The van der Waals surface area contributed by atoms with Gasteiger partial charge in [0.25, 0.3) is 0 Å². The van der Waals surface area contributed by atoms with Gasteiger partial charge in [-0.2, -0.15) is 0 Å². The van der Waals surface area contributed by atoms with Crippen LogP contribution in [0.5, 0.6) is 0 Å². The molecule has 0 radical (unpaired) electrons. The topological polar surface area (TPSA) is 261 Å². The highest BCUT2D eigenvalue weighted by molar-refractivity contribution is 5.98. The molecule has 78 heavy (non-hydrogen) atoms. The Morgan fingerprint density at radius 3 is 1.37 bits per heavy atom. The lowest BCUT2D eigenvalue weighted by atomic mass is 9.84. The second-order valence-electron chi connectivity index (χ2n) is 23.4. The van der Waals surface area contributed by atoms with Crippen molar-refractivity contribution in [2.75, 3.05) is 55.9 Å². The Kier molecular flexibility index (Phi) is 31.3. The Balaban J connectivity index is 6.97. The first-order valence-corrected chi connectivity index (χ1v) is 27.9. The molecule has 0 saturated heterocycles. The summed E-state index contributed by atoms with van der Waals surface area (Å²) >= 11 is 0. The third-order valence-electron chi connectivity index (χ3n) is 14.7. The number of nitrogens with one attached hydrogen (secondary N) is 3. The number of rotatable bonds is 32. The van der Waals surface area contributed by atoms with Crippen molar-refractivity contribution in [3.8, 4) is 0 Å². The monoisotopic (exact) mass is 1100 g/mol. The zero-order valence-electron chi connectivity index (χ0n) is 51.9. The van der Waals surface area contributed by atoms with E-state index in [9.17, 15) is 38.4 Å². The predicted octanol–water partition coefficient (Wildman–Crippen LogP) is 3.67. The molecule has 9 amide bonds. The first-order chi connectivity index (χ1) is 36.0. The molecule has 5 N–H and O–H groups in total. The summed E-state index contributed by atoms with van der Waals surface area (Å²) in [5.41, 5.74) is 6.14. The van der Waals surface area contributed by atoms with E-state index in [-0.39, 0.29) is 55.4 Å². The molecule has 0 fully saturated rings. The van der Waals surface area contributed by atoms with Crippen LogP contribution >= 0.6 is 0 Å². The van der Waals surface area contributed by atoms with Crippen LogP contribution < -0.4 is 21.7 Å². The van der Waals surface area contributed by atoms with Crippen LogP contribution in [0.25, 0.3) is 0 Å². The van der Waals surface area contributed by atoms with Crippen LogP contribution in [0.15, 0.2) is 12.2 Å². The molecular formula is C57H104N10O11. The summed E-state index contributed by atoms with van der Waals surface area (Å²) in [5, 5.41) is 8.21. The zero-order chi connectivity index (χ0) is 61.0. The van der Waals surface area contributed by atoms with Gasteiger partial charge in [0.15, 0.2) is 0 Å². The van der Waals surface area contributed by atoms with E-state index < -0.39 is 125 Å². The summed E-state index contributed by atoms with van der Waals surface area (Å²) < 4.78 is 4.73. The number of nitrogens with zero attached hydrogens (tertiary/aromatic N) is 6. The summed E-state index contributed by atoms with van der Waals surface area (Å²) in [4.78, 5) is 147. The van der Waals surface area contributed by atoms with Gasteiger partial charge in [-0.25, -0.2) is 0 Å². The summed E-state index contributed by atoms with van der Waals surface area (Å²) in [6, 6.07) is -9.47. The zero-order valence-corrected chi connectivity index (χ0v) is 51.9. The number of hydrogen-bond acceptors (Lipinski definition) is 12. The molecule has 0 aliphatic heterocycles. The normalized spacial score (nSPS) is 16.0. The number of allylic oxidation sites excluding steroid dienone is 2. The number of ether oxygens (including phenoxy) is 1. The van der Waals surface area contributed by atoms with Crippen molar-refractivity contribution in [1.29, 1.82) is 0 Å². The highest BCUT2D eigenvalue weighted by Gasteiger charge is 2.44. The second kappa shape index (κ2) is 33.7. The summed E-state index contributed by atoms with van der Waals surface area (Å²) in [6.07, 6.45) is 5.34. The largest absolute Gasteiger partial charge is 0.468 e. The number of methoxy groups -OCH3 is 1. The molecule has 0 unspecified atom stereocenters. The Morgan fingerprint density at radius 2 is 0.936 bits per heavy atom. The van der Waals surface area contributed by atoms with Crippen LogP contribution in [0.2, 0.25) is 0 Å². The van der Waals surface area contributed by atoms with E-state index >= 15 is 9.59 Å². The average molecular weight is 1110 g/mol. The van der Waals surface area contributed by atoms with E-state index in [4.69, 9.17) is 10.5 Å². The van der Waals surface area contributed by atoms with Gasteiger partial charge >= 0.3 is 5.97 Å². The second-order valence-corrected chi connectivity index (χ2v) is 23.4. The minimum Gasteiger partial charge on any atom is -0.468 e. The fourth-order valence-corrected chi connectivity index (χ4v) is 9.38. The van der Waals surface area contributed by atoms with Crippen molar-refractivity contribution in [2.24, 2.45) is 47.2 Å². The molecule has 0 aromatic carbocycles. The first kappa shape index (κ1) is 72.4. The molecule has 0 aromatic heterocycles. The lowest BCUT2D eigenvalue weighted by Crippen LogP contribution is -2.62. The number of likely N-dealkylation sites (N-methyl/N-ethyl adjacent to an activating group) is 6. The fraction of sp³-hybridized carbons (Fsp3) is 0.789. The lowest BCUT2D eigenvalue weighted by Gasteiger charge is -2.42. The van der Waals surface area contributed by atoms with Gasteiger partial charge in [0, 0.05) is 42.3 Å². The number of nitrogens with two attached hydrogens (primary N) is 1. The van der Waals surface area contributed by atoms with Crippen molar-refractivity contribution in [3.63, 3.8) is 0 Å². The van der Waals surface area contributed by atoms with E-state index in [1.54, 1.807) is 20.8 Å². The standard InChI is InChI=1S/C57H104N10O11/c1-24-26-27-37(13)38(14)48(51(71)61-41(25-2)53(73)62(17)31-45(68)78-23)67(22)57(77)47(36(11)12)66(21)55(75)44(30-34(7)8)65(20)54(74)43(29-33(5)6)64(19)52(72)40(16)60-49(69)39(15)59-50(70)42(28-32(3)4)63(18)56(76)46(58)35(9)10/h24,26,32-44,46-48H,25,27-31,58H2,1-23H3,(H,59,70)(H,60,69)(H,61,71)/b26-24+/t37-,38-,39+,40-,41+,42+,43+,44+,46+,47+,48+/m1/s1. The Morgan fingerprint density at radius 1 is 0.500 bits per heavy atom. The van der Waals surface area contributed by atoms with Gasteiger partial charge in [-0.1, -0.05) is 102 Å². The minimum atomic E-state index is -1.16. The molecule has 0 spiro atoms. The third kappa shape index (κ3) is 21.2. The van der Waals surface area contributed by atoms with Crippen LogP contribution in [0, 0.1) is 41.4 Å². The van der Waals surface area contributed by atoms with Gasteiger partial charge in [-0.3, -0.25) is 47.9 Å². The van der Waals surface area contributed by atoms with Gasteiger partial charge in [0.2, 0.25) is 53.2 Å². The van der Waals surface area contributed by atoms with Crippen molar-refractivity contribution < 1.29 is 52.7 Å². The number of carbonyl (C=O) groups is 10. The van der Waals surface area contributed by atoms with Crippen LogP contribution in [0.1, 0.15) is 143 Å². The molecule has 21 heteroatoms. The Hall–Kier alpha value is -5.60. The van der Waals surface area contributed by atoms with Crippen LogP contribution in [0.4, 0.5) is 0 Å². The smallest absolute Gasteiger partial charge is 0.325 e. The van der Waals surface area contributed by atoms with E-state index in [2.05, 4.69) is 16.0 Å². The van der Waals surface area contributed by atoms with Gasteiger partial charge < -0.3 is 55.8 Å².